The van der Waals surface area contributed by atoms with Gasteiger partial charge in [-0.05, 0) is 66.6 Å². The van der Waals surface area contributed by atoms with Crippen LogP contribution in [0.15, 0.2) is 117 Å². The van der Waals surface area contributed by atoms with Crippen LogP contribution >= 0.6 is 11.8 Å². The van der Waals surface area contributed by atoms with Crippen molar-refractivity contribution in [3.63, 3.8) is 0 Å². The van der Waals surface area contributed by atoms with Crippen LogP contribution in [-0.4, -0.2) is 33.1 Å². The fourth-order valence-corrected chi connectivity index (χ4v) is 5.34. The van der Waals surface area contributed by atoms with Gasteiger partial charge < -0.3 is 4.90 Å². The predicted molar refractivity (Wildman–Crippen MR) is 155 cm³/mol. The molecule has 1 heterocycles. The maximum Gasteiger partial charge on any atom is 0.0590 e. The lowest BCUT2D eigenvalue weighted by Gasteiger charge is -2.32. The second kappa shape index (κ2) is 10.7. The maximum absolute atomic E-state index is 4.64. The summed E-state index contributed by atoms with van der Waals surface area (Å²) in [5.74, 6) is 0. The Hall–Kier alpha value is -4.03. The Labute approximate surface area is 217 Å². The van der Waals surface area contributed by atoms with Crippen molar-refractivity contribution in [1.29, 1.82) is 0 Å². The number of hydrogen-bond donors (Lipinski definition) is 0. The van der Waals surface area contributed by atoms with E-state index < -0.39 is 0 Å². The van der Waals surface area contributed by atoms with Crippen molar-refractivity contribution in [2.24, 2.45) is 10.2 Å². The van der Waals surface area contributed by atoms with Crippen LogP contribution in [0.4, 0.5) is 22.7 Å². The zero-order chi connectivity index (χ0) is 24.9. The molecule has 0 saturated heterocycles. The van der Waals surface area contributed by atoms with Gasteiger partial charge in [-0.15, -0.1) is 0 Å². The number of para-hydroxylation sites is 2. The lowest BCUT2D eigenvalue weighted by molar-refractivity contribution is 0.978. The van der Waals surface area contributed by atoms with Crippen molar-refractivity contribution in [2.75, 3.05) is 35.6 Å². The number of benzene rings is 4. The van der Waals surface area contributed by atoms with Gasteiger partial charge in [0, 0.05) is 30.4 Å². The summed E-state index contributed by atoms with van der Waals surface area (Å²) in [6.07, 6.45) is 3.84. The first-order valence-electron chi connectivity index (χ1n) is 12.0. The first-order chi connectivity index (χ1) is 17.6. The molecule has 0 aliphatic carbocycles. The SMILES string of the molecule is CCN1c2ccc(/C=N/N(C)c3ccccc3)cc2Sc2cc(/C=N/N(C)c3ccccc3)ccc21. The molecule has 4 aromatic carbocycles. The smallest absolute Gasteiger partial charge is 0.0590 e. The third kappa shape index (κ3) is 5.14. The van der Waals surface area contributed by atoms with Gasteiger partial charge in [-0.1, -0.05) is 60.3 Å². The molecule has 5 nitrogen and oxygen atoms in total. The number of rotatable bonds is 7. The highest BCUT2D eigenvalue weighted by Gasteiger charge is 2.22. The van der Waals surface area contributed by atoms with E-state index >= 15 is 0 Å². The second-order valence-electron chi connectivity index (χ2n) is 8.51. The highest BCUT2D eigenvalue weighted by Crippen LogP contribution is 2.48. The third-order valence-corrected chi connectivity index (χ3v) is 7.20. The Morgan fingerprint density at radius 3 is 1.53 bits per heavy atom. The van der Waals surface area contributed by atoms with Crippen LogP contribution in [0.25, 0.3) is 0 Å². The Morgan fingerprint density at radius 1 is 0.667 bits per heavy atom. The topological polar surface area (TPSA) is 34.4 Å². The van der Waals surface area contributed by atoms with Crippen LogP contribution in [0, 0.1) is 0 Å². The number of hydrazone groups is 2. The van der Waals surface area contributed by atoms with Gasteiger partial charge in [0.1, 0.15) is 0 Å². The summed E-state index contributed by atoms with van der Waals surface area (Å²) < 4.78 is 0. The molecule has 0 N–H and O–H groups in total. The molecule has 180 valence electrons. The molecule has 1 aliphatic heterocycles. The van der Waals surface area contributed by atoms with Crippen LogP contribution in [0.5, 0.6) is 0 Å². The largest absolute Gasteiger partial charge is 0.340 e. The quantitative estimate of drug-likeness (QED) is 0.201. The molecule has 4 aromatic rings. The minimum atomic E-state index is 0.898. The first kappa shape index (κ1) is 23.7. The van der Waals surface area contributed by atoms with Gasteiger partial charge in [-0.3, -0.25) is 10.0 Å². The number of anilines is 4. The molecule has 5 rings (SSSR count). The number of hydrogen-bond acceptors (Lipinski definition) is 6. The Morgan fingerprint density at radius 2 is 1.11 bits per heavy atom. The molecule has 0 spiro atoms. The van der Waals surface area contributed by atoms with Gasteiger partial charge in [-0.25, -0.2) is 0 Å². The molecular weight excluding hydrogens is 462 g/mol. The number of nitrogens with zero attached hydrogens (tertiary/aromatic N) is 5. The van der Waals surface area contributed by atoms with Crippen molar-refractivity contribution >= 4 is 46.9 Å². The third-order valence-electron chi connectivity index (χ3n) is 6.11. The van der Waals surface area contributed by atoms with Crippen LogP contribution in [-0.2, 0) is 0 Å². The molecular formula is C30H29N5S. The van der Waals surface area contributed by atoms with E-state index in [2.05, 4.69) is 82.7 Å². The standard InChI is InChI=1S/C30H29N5S/c1-4-35-27-17-15-23(21-31-33(2)25-11-7-5-8-12-25)19-29(27)36-30-20-24(16-18-28(30)35)22-32-34(3)26-13-9-6-10-14-26/h5-22H,4H2,1-3H3/b31-21+,32-22+. The molecule has 0 radical (unpaired) electrons. The Bertz CT molecular complexity index is 1280. The highest BCUT2D eigenvalue weighted by atomic mass is 32.2. The van der Waals surface area contributed by atoms with Crippen molar-refractivity contribution in [3.8, 4) is 0 Å². The van der Waals surface area contributed by atoms with E-state index in [1.54, 1.807) is 11.8 Å². The zero-order valence-electron chi connectivity index (χ0n) is 20.7. The first-order valence-corrected chi connectivity index (χ1v) is 12.8. The average Bonchev–Trinajstić information content (AvgIpc) is 2.94. The van der Waals surface area contributed by atoms with Gasteiger partial charge in [0.05, 0.1) is 35.2 Å². The summed E-state index contributed by atoms with van der Waals surface area (Å²) in [5, 5.41) is 13.1. The molecule has 0 bridgehead atoms. The van der Waals surface area contributed by atoms with E-state index in [0.717, 1.165) is 29.0 Å². The van der Waals surface area contributed by atoms with Gasteiger partial charge in [0.25, 0.3) is 0 Å². The summed E-state index contributed by atoms with van der Waals surface area (Å²) in [6.45, 7) is 3.09. The van der Waals surface area contributed by atoms with Crippen molar-refractivity contribution in [2.45, 2.75) is 16.7 Å². The second-order valence-corrected chi connectivity index (χ2v) is 9.59. The van der Waals surface area contributed by atoms with Gasteiger partial charge in [0.15, 0.2) is 0 Å². The van der Waals surface area contributed by atoms with E-state index in [0.29, 0.717) is 0 Å². The van der Waals surface area contributed by atoms with Crippen LogP contribution in [0.1, 0.15) is 18.1 Å². The summed E-state index contributed by atoms with van der Waals surface area (Å²) >= 11 is 1.80. The fraction of sp³-hybridized carbons (Fsp3) is 0.133. The molecule has 1 aliphatic rings. The molecule has 36 heavy (non-hydrogen) atoms. The molecule has 0 aromatic heterocycles. The van der Waals surface area contributed by atoms with Gasteiger partial charge in [-0.2, -0.15) is 10.2 Å². The van der Waals surface area contributed by atoms with Gasteiger partial charge >= 0.3 is 0 Å². The van der Waals surface area contributed by atoms with Crippen molar-refractivity contribution in [1.82, 2.24) is 0 Å². The molecule has 0 saturated carbocycles. The van der Waals surface area contributed by atoms with E-state index in [1.165, 1.54) is 21.2 Å². The van der Waals surface area contributed by atoms with E-state index in [1.807, 2.05) is 72.9 Å². The maximum atomic E-state index is 4.64. The Kier molecular flexibility index (Phi) is 7.05. The minimum Gasteiger partial charge on any atom is -0.340 e. The monoisotopic (exact) mass is 491 g/mol. The summed E-state index contributed by atoms with van der Waals surface area (Å²) in [4.78, 5) is 4.83. The number of fused-ring (bicyclic) bond motifs is 2. The summed E-state index contributed by atoms with van der Waals surface area (Å²) in [7, 11) is 3.93. The van der Waals surface area contributed by atoms with Crippen molar-refractivity contribution < 1.29 is 0 Å². The lowest BCUT2D eigenvalue weighted by Crippen LogP contribution is -2.20. The van der Waals surface area contributed by atoms with Crippen LogP contribution in [0.2, 0.25) is 0 Å². The predicted octanol–water partition coefficient (Wildman–Crippen LogP) is 7.25. The molecule has 0 fully saturated rings. The average molecular weight is 492 g/mol. The van der Waals surface area contributed by atoms with E-state index in [-0.39, 0.29) is 0 Å². The van der Waals surface area contributed by atoms with Crippen LogP contribution in [0.3, 0.4) is 0 Å². The molecule has 6 heteroatoms. The van der Waals surface area contributed by atoms with Crippen LogP contribution < -0.4 is 14.9 Å². The van der Waals surface area contributed by atoms with Crippen molar-refractivity contribution in [3.05, 3.63) is 108 Å². The Balaban J connectivity index is 1.37. The van der Waals surface area contributed by atoms with E-state index in [9.17, 15) is 0 Å². The summed E-state index contributed by atoms with van der Waals surface area (Å²) in [6, 6.07) is 33.4. The zero-order valence-corrected chi connectivity index (χ0v) is 21.6. The molecule has 0 amide bonds. The fourth-order valence-electron chi connectivity index (χ4n) is 4.15. The minimum absolute atomic E-state index is 0.898. The highest BCUT2D eigenvalue weighted by molar-refractivity contribution is 7.99. The van der Waals surface area contributed by atoms with E-state index in [4.69, 9.17) is 0 Å². The molecule has 0 unspecified atom stereocenters. The lowest BCUT2D eigenvalue weighted by atomic mass is 10.1. The normalized spacial score (nSPS) is 12.6. The summed E-state index contributed by atoms with van der Waals surface area (Å²) in [5.41, 5.74) is 6.72. The van der Waals surface area contributed by atoms with Gasteiger partial charge in [0.2, 0.25) is 0 Å². The molecule has 0 atom stereocenters.